The molecule has 4 heteroatoms. The zero-order valence-corrected chi connectivity index (χ0v) is 11.3. The number of nitrogens with zero attached hydrogens (tertiary/aromatic N) is 4. The third kappa shape index (κ3) is 2.87. The molecule has 1 aliphatic heterocycles. The lowest BCUT2D eigenvalue weighted by molar-refractivity contribution is 0.0360. The fraction of sp³-hybridized carbons (Fsp3) is 0.571. The minimum absolute atomic E-state index is 0.212. The van der Waals surface area contributed by atoms with Crippen molar-refractivity contribution >= 4 is 0 Å². The lowest BCUT2D eigenvalue weighted by Gasteiger charge is -2.45. The van der Waals surface area contributed by atoms with Gasteiger partial charge in [-0.2, -0.15) is 5.26 Å². The van der Waals surface area contributed by atoms with Crippen LogP contribution in [-0.4, -0.2) is 47.0 Å². The number of aromatic nitrogens is 1. The number of hydrogen-bond acceptors (Lipinski definition) is 4. The van der Waals surface area contributed by atoms with Crippen LogP contribution in [0.1, 0.15) is 25.1 Å². The van der Waals surface area contributed by atoms with Gasteiger partial charge in [0.1, 0.15) is 11.8 Å². The summed E-state index contributed by atoms with van der Waals surface area (Å²) in [5.41, 5.74) is 1.88. The van der Waals surface area contributed by atoms with Crippen LogP contribution in [0.2, 0.25) is 0 Å². The zero-order chi connectivity index (χ0) is 13.2. The second-order valence-corrected chi connectivity index (χ2v) is 5.61. The average Bonchev–Trinajstić information content (AvgIpc) is 2.34. The van der Waals surface area contributed by atoms with Crippen molar-refractivity contribution < 1.29 is 0 Å². The first-order valence-electron chi connectivity index (χ1n) is 6.30. The van der Waals surface area contributed by atoms with Gasteiger partial charge in [0.05, 0.1) is 0 Å². The van der Waals surface area contributed by atoms with E-state index in [1.807, 2.05) is 12.1 Å². The van der Waals surface area contributed by atoms with Crippen molar-refractivity contribution in [2.24, 2.45) is 0 Å². The molecule has 18 heavy (non-hydrogen) atoms. The number of rotatable bonds is 2. The molecule has 1 fully saturated rings. The van der Waals surface area contributed by atoms with Gasteiger partial charge >= 0.3 is 0 Å². The molecule has 0 saturated carbocycles. The molecule has 1 aromatic rings. The summed E-state index contributed by atoms with van der Waals surface area (Å²) >= 11 is 0. The minimum Gasteiger partial charge on any atom is -0.299 e. The van der Waals surface area contributed by atoms with E-state index in [0.29, 0.717) is 5.69 Å². The van der Waals surface area contributed by atoms with Gasteiger partial charge in [0.25, 0.3) is 0 Å². The van der Waals surface area contributed by atoms with Crippen LogP contribution in [0.5, 0.6) is 0 Å². The first-order valence-corrected chi connectivity index (χ1v) is 6.30. The predicted octanol–water partition coefficient (Wildman–Crippen LogP) is 1.48. The van der Waals surface area contributed by atoms with Crippen molar-refractivity contribution in [2.75, 3.05) is 26.7 Å². The molecule has 2 rings (SSSR count). The zero-order valence-electron chi connectivity index (χ0n) is 11.3. The topological polar surface area (TPSA) is 43.2 Å². The molecule has 0 radical (unpaired) electrons. The van der Waals surface area contributed by atoms with Crippen LogP contribution in [-0.2, 0) is 6.54 Å². The standard InChI is InChI=1S/C14H20N4/c1-14(2)11-18(7-6-17(14)3)10-12-4-5-16-13(8-12)9-15/h4-5,8H,6-7,10-11H2,1-3H3. The Bertz CT molecular complexity index is 461. The minimum atomic E-state index is 0.212. The highest BCUT2D eigenvalue weighted by atomic mass is 15.3. The Morgan fingerprint density at radius 3 is 2.89 bits per heavy atom. The normalized spacial score (nSPS) is 20.6. The number of piperazine rings is 1. The molecule has 0 bridgehead atoms. The van der Waals surface area contributed by atoms with Gasteiger partial charge in [0.2, 0.25) is 0 Å². The van der Waals surface area contributed by atoms with E-state index >= 15 is 0 Å². The van der Waals surface area contributed by atoms with E-state index in [-0.39, 0.29) is 5.54 Å². The van der Waals surface area contributed by atoms with Crippen LogP contribution in [0.4, 0.5) is 0 Å². The maximum atomic E-state index is 8.85. The van der Waals surface area contributed by atoms with Gasteiger partial charge in [-0.05, 0) is 38.6 Å². The van der Waals surface area contributed by atoms with Crippen molar-refractivity contribution in [3.05, 3.63) is 29.6 Å². The average molecular weight is 244 g/mol. The SMILES string of the molecule is CN1CCN(Cc2ccnc(C#N)c2)CC1(C)C. The maximum absolute atomic E-state index is 8.85. The summed E-state index contributed by atoms with van der Waals surface area (Å²) in [6.45, 7) is 8.65. The Hall–Kier alpha value is -1.44. The summed E-state index contributed by atoms with van der Waals surface area (Å²) in [5, 5.41) is 8.85. The van der Waals surface area contributed by atoms with Gasteiger partial charge in [-0.25, -0.2) is 4.98 Å². The second kappa shape index (κ2) is 5.05. The lowest BCUT2D eigenvalue weighted by atomic mass is 9.99. The van der Waals surface area contributed by atoms with E-state index < -0.39 is 0 Å². The van der Waals surface area contributed by atoms with Gasteiger partial charge in [-0.15, -0.1) is 0 Å². The van der Waals surface area contributed by atoms with Crippen molar-refractivity contribution in [3.8, 4) is 6.07 Å². The summed E-state index contributed by atoms with van der Waals surface area (Å²) in [4.78, 5) is 8.84. The third-order valence-corrected chi connectivity index (χ3v) is 3.74. The summed E-state index contributed by atoms with van der Waals surface area (Å²) in [5.74, 6) is 0. The van der Waals surface area contributed by atoms with Crippen LogP contribution in [0.3, 0.4) is 0 Å². The highest BCUT2D eigenvalue weighted by Gasteiger charge is 2.30. The Balaban J connectivity index is 2.04. The fourth-order valence-corrected chi connectivity index (χ4v) is 2.37. The van der Waals surface area contributed by atoms with Gasteiger partial charge in [0.15, 0.2) is 0 Å². The van der Waals surface area contributed by atoms with Crippen LogP contribution < -0.4 is 0 Å². The Morgan fingerprint density at radius 2 is 2.22 bits per heavy atom. The van der Waals surface area contributed by atoms with E-state index in [1.54, 1.807) is 6.20 Å². The Labute approximate surface area is 109 Å². The second-order valence-electron chi connectivity index (χ2n) is 5.61. The highest BCUT2D eigenvalue weighted by molar-refractivity contribution is 5.25. The van der Waals surface area contributed by atoms with Gasteiger partial charge in [-0.1, -0.05) is 0 Å². The van der Waals surface area contributed by atoms with Crippen molar-refractivity contribution in [3.63, 3.8) is 0 Å². The fourth-order valence-electron chi connectivity index (χ4n) is 2.37. The molecule has 1 aliphatic rings. The number of hydrogen-bond donors (Lipinski definition) is 0. The molecule has 0 unspecified atom stereocenters. The van der Waals surface area contributed by atoms with E-state index in [2.05, 4.69) is 41.7 Å². The predicted molar refractivity (Wildman–Crippen MR) is 70.9 cm³/mol. The molecule has 0 aliphatic carbocycles. The van der Waals surface area contributed by atoms with Gasteiger partial charge in [-0.3, -0.25) is 9.80 Å². The van der Waals surface area contributed by atoms with Crippen molar-refractivity contribution in [1.82, 2.24) is 14.8 Å². The van der Waals surface area contributed by atoms with Crippen LogP contribution in [0.15, 0.2) is 18.3 Å². The lowest BCUT2D eigenvalue weighted by Crippen LogP contribution is -2.57. The summed E-state index contributed by atoms with van der Waals surface area (Å²) in [6.07, 6.45) is 1.72. The first-order chi connectivity index (χ1) is 8.51. The molecule has 0 spiro atoms. The summed E-state index contributed by atoms with van der Waals surface area (Å²) < 4.78 is 0. The molecule has 0 aromatic carbocycles. The molecule has 2 heterocycles. The number of nitriles is 1. The molecule has 0 amide bonds. The molecular formula is C14H20N4. The summed E-state index contributed by atoms with van der Waals surface area (Å²) in [6, 6.07) is 5.96. The van der Waals surface area contributed by atoms with Crippen LogP contribution in [0.25, 0.3) is 0 Å². The highest BCUT2D eigenvalue weighted by Crippen LogP contribution is 2.20. The van der Waals surface area contributed by atoms with Crippen molar-refractivity contribution in [1.29, 1.82) is 5.26 Å². The molecule has 0 N–H and O–H groups in total. The number of pyridine rings is 1. The largest absolute Gasteiger partial charge is 0.299 e. The molecular weight excluding hydrogens is 224 g/mol. The molecule has 1 saturated heterocycles. The molecule has 96 valence electrons. The summed E-state index contributed by atoms with van der Waals surface area (Å²) in [7, 11) is 2.18. The van der Waals surface area contributed by atoms with E-state index in [9.17, 15) is 0 Å². The number of likely N-dealkylation sites (N-methyl/N-ethyl adjacent to an activating group) is 1. The molecule has 1 aromatic heterocycles. The monoisotopic (exact) mass is 244 g/mol. The quantitative estimate of drug-likeness (QED) is 0.790. The molecule has 4 nitrogen and oxygen atoms in total. The Kier molecular flexibility index (Phi) is 3.65. The first kappa shape index (κ1) is 13.0. The Morgan fingerprint density at radius 1 is 1.44 bits per heavy atom. The van der Waals surface area contributed by atoms with Crippen molar-refractivity contribution in [2.45, 2.75) is 25.9 Å². The molecule has 0 atom stereocenters. The smallest absolute Gasteiger partial charge is 0.140 e. The van der Waals surface area contributed by atoms with Gasteiger partial charge in [0, 0.05) is 37.9 Å². The van der Waals surface area contributed by atoms with E-state index in [0.717, 1.165) is 26.2 Å². The van der Waals surface area contributed by atoms with E-state index in [1.165, 1.54) is 5.56 Å². The third-order valence-electron chi connectivity index (χ3n) is 3.74. The van der Waals surface area contributed by atoms with Gasteiger partial charge < -0.3 is 0 Å². The van der Waals surface area contributed by atoms with Crippen LogP contribution >= 0.6 is 0 Å². The van der Waals surface area contributed by atoms with Crippen LogP contribution in [0, 0.1) is 11.3 Å². The maximum Gasteiger partial charge on any atom is 0.140 e. The van der Waals surface area contributed by atoms with E-state index in [4.69, 9.17) is 5.26 Å².